The number of benzene rings is 1. The molecule has 0 aliphatic heterocycles. The van der Waals surface area contributed by atoms with Gasteiger partial charge in [-0.3, -0.25) is 14.9 Å². The fourth-order valence-corrected chi connectivity index (χ4v) is 5.32. The van der Waals surface area contributed by atoms with E-state index in [1.54, 1.807) is 21.1 Å². The summed E-state index contributed by atoms with van der Waals surface area (Å²) in [6, 6.07) is 7.63. The van der Waals surface area contributed by atoms with Crippen LogP contribution in [0.4, 0.5) is 5.13 Å². The van der Waals surface area contributed by atoms with E-state index in [4.69, 9.17) is 4.74 Å². The molecule has 0 aliphatic rings. The molecule has 1 aromatic carbocycles. The number of anilines is 1. The summed E-state index contributed by atoms with van der Waals surface area (Å²) < 4.78 is 6.51. The van der Waals surface area contributed by atoms with E-state index in [-0.39, 0.29) is 11.5 Å². The first kappa shape index (κ1) is 22.8. The van der Waals surface area contributed by atoms with Gasteiger partial charge in [-0.25, -0.2) is 14.6 Å². The third kappa shape index (κ3) is 4.31. The quantitative estimate of drug-likeness (QED) is 0.450. The van der Waals surface area contributed by atoms with Crippen molar-refractivity contribution in [1.82, 2.24) is 19.7 Å². The number of hydrogen-bond acceptors (Lipinski definition) is 8. The van der Waals surface area contributed by atoms with Crippen LogP contribution in [0.2, 0.25) is 0 Å². The van der Waals surface area contributed by atoms with Crippen LogP contribution in [-0.4, -0.2) is 32.8 Å². The molecule has 170 valence electrons. The smallest absolute Gasteiger partial charge is 0.277 e. The first-order valence-electron chi connectivity index (χ1n) is 10.1. The maximum absolute atomic E-state index is 13.0. The molecule has 3 heterocycles. The predicted octanol–water partition coefficient (Wildman–Crippen LogP) is 4.52. The molecule has 4 aromatic rings. The van der Waals surface area contributed by atoms with E-state index in [9.17, 15) is 9.59 Å². The SMILES string of the molecule is COc1ccc(-c2nc(NC(=O)c3sc(-c4c(C)c(C)nn(C)c4=O)nc3C)sc2C)cc1. The van der Waals surface area contributed by atoms with Crippen molar-refractivity contribution < 1.29 is 9.53 Å². The Hall–Kier alpha value is -3.37. The number of hydrogen-bond donors (Lipinski definition) is 1. The predicted molar refractivity (Wildman–Crippen MR) is 132 cm³/mol. The van der Waals surface area contributed by atoms with Crippen LogP contribution in [0.5, 0.6) is 5.75 Å². The lowest BCUT2D eigenvalue weighted by Crippen LogP contribution is -2.23. The van der Waals surface area contributed by atoms with Gasteiger partial charge in [-0.05, 0) is 57.5 Å². The molecule has 0 fully saturated rings. The summed E-state index contributed by atoms with van der Waals surface area (Å²) >= 11 is 2.60. The Balaban J connectivity index is 1.62. The van der Waals surface area contributed by atoms with Crippen LogP contribution < -0.4 is 15.6 Å². The van der Waals surface area contributed by atoms with E-state index in [0.29, 0.717) is 26.3 Å². The number of ether oxygens (including phenoxy) is 1. The van der Waals surface area contributed by atoms with Gasteiger partial charge in [-0.1, -0.05) is 0 Å². The molecule has 33 heavy (non-hydrogen) atoms. The van der Waals surface area contributed by atoms with Crippen LogP contribution in [-0.2, 0) is 7.05 Å². The van der Waals surface area contributed by atoms with Crippen molar-refractivity contribution in [2.75, 3.05) is 12.4 Å². The molecule has 10 heteroatoms. The molecule has 0 radical (unpaired) electrons. The van der Waals surface area contributed by atoms with Crippen LogP contribution in [0.25, 0.3) is 21.8 Å². The zero-order valence-corrected chi connectivity index (χ0v) is 20.8. The molecule has 0 saturated heterocycles. The van der Waals surface area contributed by atoms with Gasteiger partial charge in [0.15, 0.2) is 5.13 Å². The highest BCUT2D eigenvalue weighted by molar-refractivity contribution is 7.18. The second-order valence-electron chi connectivity index (χ2n) is 7.55. The lowest BCUT2D eigenvalue weighted by atomic mass is 10.1. The molecule has 4 rings (SSSR count). The van der Waals surface area contributed by atoms with Gasteiger partial charge in [0.05, 0.1) is 29.8 Å². The number of nitrogens with one attached hydrogen (secondary N) is 1. The van der Waals surface area contributed by atoms with Gasteiger partial charge in [0.1, 0.15) is 15.6 Å². The minimum atomic E-state index is -0.300. The molecule has 0 aliphatic carbocycles. The summed E-state index contributed by atoms with van der Waals surface area (Å²) in [5.41, 5.74) is 4.06. The topological polar surface area (TPSA) is 99.0 Å². The van der Waals surface area contributed by atoms with Gasteiger partial charge < -0.3 is 4.74 Å². The van der Waals surface area contributed by atoms with Crippen LogP contribution >= 0.6 is 22.7 Å². The average molecular weight is 482 g/mol. The summed E-state index contributed by atoms with van der Waals surface area (Å²) in [5.74, 6) is 0.470. The third-order valence-corrected chi connectivity index (χ3v) is 7.38. The first-order valence-corrected chi connectivity index (χ1v) is 11.8. The van der Waals surface area contributed by atoms with Gasteiger partial charge in [-0.15, -0.1) is 22.7 Å². The van der Waals surface area contributed by atoms with Gasteiger partial charge in [-0.2, -0.15) is 5.10 Å². The van der Waals surface area contributed by atoms with Crippen molar-refractivity contribution in [3.8, 4) is 27.6 Å². The second kappa shape index (κ2) is 8.87. The van der Waals surface area contributed by atoms with E-state index in [2.05, 4.69) is 20.4 Å². The molecule has 0 bridgehead atoms. The molecule has 0 atom stereocenters. The zero-order chi connectivity index (χ0) is 23.9. The molecule has 1 N–H and O–H groups in total. The fourth-order valence-electron chi connectivity index (χ4n) is 3.43. The second-order valence-corrected chi connectivity index (χ2v) is 9.76. The molecule has 3 aromatic heterocycles. The Morgan fingerprint density at radius 1 is 1.03 bits per heavy atom. The fraction of sp³-hybridized carbons (Fsp3) is 0.261. The molecular formula is C23H23N5O3S2. The van der Waals surface area contributed by atoms with Gasteiger partial charge >= 0.3 is 0 Å². The Kier molecular flexibility index (Phi) is 6.13. The summed E-state index contributed by atoms with van der Waals surface area (Å²) in [6.45, 7) is 7.41. The normalized spacial score (nSPS) is 11.0. The highest BCUT2D eigenvalue weighted by Gasteiger charge is 2.22. The van der Waals surface area contributed by atoms with Crippen molar-refractivity contribution >= 4 is 33.7 Å². The lowest BCUT2D eigenvalue weighted by Gasteiger charge is -2.07. The number of rotatable bonds is 5. The number of aryl methyl sites for hydroxylation is 4. The standard InChI is InChI=1S/C23H23N5O3S2/c1-11-12(2)27-28(5)22(30)17(11)21-24-13(3)19(33-21)20(29)26-23-25-18(14(4)32-23)15-7-9-16(31-6)10-8-15/h7-10H,1-6H3,(H,25,26,29). The minimum absolute atomic E-state index is 0.238. The number of thiazole rings is 2. The summed E-state index contributed by atoms with van der Waals surface area (Å²) in [6.07, 6.45) is 0. The average Bonchev–Trinajstić information content (AvgIpc) is 3.34. The highest BCUT2D eigenvalue weighted by Crippen LogP contribution is 2.33. The monoisotopic (exact) mass is 481 g/mol. The molecule has 0 saturated carbocycles. The molecule has 0 unspecified atom stereocenters. The third-order valence-electron chi connectivity index (χ3n) is 5.32. The van der Waals surface area contributed by atoms with Crippen molar-refractivity contribution in [2.24, 2.45) is 7.05 Å². The number of methoxy groups -OCH3 is 1. The maximum Gasteiger partial charge on any atom is 0.277 e. The molecule has 8 nitrogen and oxygen atoms in total. The number of carbonyl (C=O) groups is 1. The molecule has 1 amide bonds. The lowest BCUT2D eigenvalue weighted by molar-refractivity contribution is 0.103. The van der Waals surface area contributed by atoms with Gasteiger partial charge in [0.2, 0.25) is 0 Å². The van der Waals surface area contributed by atoms with E-state index in [1.165, 1.54) is 27.4 Å². The van der Waals surface area contributed by atoms with E-state index < -0.39 is 0 Å². The van der Waals surface area contributed by atoms with Crippen molar-refractivity contribution in [2.45, 2.75) is 27.7 Å². The van der Waals surface area contributed by atoms with Crippen LogP contribution in [0.1, 0.15) is 31.5 Å². The molecule has 0 spiro atoms. The van der Waals surface area contributed by atoms with Gasteiger partial charge in [0.25, 0.3) is 11.5 Å². The number of amides is 1. The van der Waals surface area contributed by atoms with Crippen molar-refractivity contribution in [1.29, 1.82) is 0 Å². The van der Waals surface area contributed by atoms with Crippen molar-refractivity contribution in [3.63, 3.8) is 0 Å². The Labute approximate surface area is 198 Å². The number of carbonyl (C=O) groups excluding carboxylic acids is 1. The summed E-state index contributed by atoms with van der Waals surface area (Å²) in [4.78, 5) is 36.3. The highest BCUT2D eigenvalue weighted by atomic mass is 32.1. The zero-order valence-electron chi connectivity index (χ0n) is 19.1. The van der Waals surface area contributed by atoms with E-state index >= 15 is 0 Å². The summed E-state index contributed by atoms with van der Waals surface area (Å²) in [7, 11) is 3.23. The van der Waals surface area contributed by atoms with Crippen molar-refractivity contribution in [3.05, 3.63) is 61.3 Å². The number of nitrogens with zero attached hydrogens (tertiary/aromatic N) is 4. The first-order chi connectivity index (χ1) is 15.7. The largest absolute Gasteiger partial charge is 0.497 e. The van der Waals surface area contributed by atoms with E-state index in [1.807, 2.05) is 45.0 Å². The number of aromatic nitrogens is 4. The van der Waals surface area contributed by atoms with Crippen LogP contribution in [0, 0.1) is 27.7 Å². The van der Waals surface area contributed by atoms with Crippen LogP contribution in [0.3, 0.4) is 0 Å². The Morgan fingerprint density at radius 2 is 1.73 bits per heavy atom. The maximum atomic E-state index is 13.0. The van der Waals surface area contributed by atoms with Crippen LogP contribution in [0.15, 0.2) is 29.1 Å². The minimum Gasteiger partial charge on any atom is -0.497 e. The Bertz CT molecular complexity index is 1420. The summed E-state index contributed by atoms with van der Waals surface area (Å²) in [5, 5.41) is 8.11. The van der Waals surface area contributed by atoms with E-state index in [0.717, 1.165) is 33.1 Å². The molecular weight excluding hydrogens is 458 g/mol. The Morgan fingerprint density at radius 3 is 2.39 bits per heavy atom. The van der Waals surface area contributed by atoms with Gasteiger partial charge in [0, 0.05) is 17.5 Å².